The van der Waals surface area contributed by atoms with Crippen molar-refractivity contribution in [3.05, 3.63) is 41.7 Å². The van der Waals surface area contributed by atoms with E-state index in [0.29, 0.717) is 23.6 Å². The Morgan fingerprint density at radius 1 is 1.19 bits per heavy atom. The number of hydrogen-bond acceptors (Lipinski definition) is 4. The number of hydrogen-bond donors (Lipinski definition) is 1. The van der Waals surface area contributed by atoms with E-state index in [1.807, 2.05) is 30.3 Å². The second kappa shape index (κ2) is 9.18. The third kappa shape index (κ3) is 5.19. The van der Waals surface area contributed by atoms with Gasteiger partial charge >= 0.3 is 0 Å². The number of amides is 1. The van der Waals surface area contributed by atoms with Gasteiger partial charge in [-0.3, -0.25) is 4.79 Å². The smallest absolute Gasteiger partial charge is 0.257 e. The summed E-state index contributed by atoms with van der Waals surface area (Å²) < 4.78 is 5.28. The maximum atomic E-state index is 12.7. The largest absolute Gasteiger partial charge is 0.360 e. The molecular formula is C22H31N3O2. The van der Waals surface area contributed by atoms with Crippen molar-refractivity contribution in [2.24, 2.45) is 11.8 Å². The molecule has 1 aliphatic heterocycles. The third-order valence-corrected chi connectivity index (χ3v) is 5.27. The molecule has 0 unspecified atom stereocenters. The van der Waals surface area contributed by atoms with Crippen molar-refractivity contribution in [3.63, 3.8) is 0 Å². The Bertz CT molecular complexity index is 731. The summed E-state index contributed by atoms with van der Waals surface area (Å²) in [5.74, 6) is 2.04. The Hall–Kier alpha value is -2.14. The Morgan fingerprint density at radius 2 is 1.89 bits per heavy atom. The summed E-state index contributed by atoms with van der Waals surface area (Å²) >= 11 is 0. The number of nitrogens with one attached hydrogen (secondary N) is 1. The highest BCUT2D eigenvalue weighted by molar-refractivity contribution is 6.00. The number of piperidine rings is 1. The van der Waals surface area contributed by atoms with E-state index in [1.165, 1.54) is 19.5 Å². The molecular weight excluding hydrogens is 338 g/mol. The van der Waals surface area contributed by atoms with Crippen molar-refractivity contribution in [2.45, 2.75) is 40.0 Å². The van der Waals surface area contributed by atoms with E-state index in [1.54, 1.807) is 6.92 Å². The Morgan fingerprint density at radius 3 is 2.59 bits per heavy atom. The van der Waals surface area contributed by atoms with Crippen LogP contribution in [-0.2, 0) is 0 Å². The fraction of sp³-hybridized carbons (Fsp3) is 0.545. The number of carbonyl (C=O) groups is 1. The quantitative estimate of drug-likeness (QED) is 0.745. The second-order valence-corrected chi connectivity index (χ2v) is 8.00. The number of unbranched alkanes of at least 4 members (excludes halogenated alkanes) is 1. The van der Waals surface area contributed by atoms with Gasteiger partial charge in [0.25, 0.3) is 5.91 Å². The molecule has 1 saturated heterocycles. The minimum absolute atomic E-state index is 0.104. The molecule has 5 nitrogen and oxygen atoms in total. The zero-order chi connectivity index (χ0) is 19.2. The Balaban J connectivity index is 1.47. The SMILES string of the molecule is Cc1onc(-c2ccccc2)c1C(=O)NCCCCN1C[C@H](C)C[C@H](C)C1. The lowest BCUT2D eigenvalue weighted by Gasteiger charge is -2.34. The molecule has 0 radical (unpaired) electrons. The highest BCUT2D eigenvalue weighted by Gasteiger charge is 2.22. The fourth-order valence-electron chi connectivity index (χ4n) is 4.16. The van der Waals surface area contributed by atoms with Crippen molar-refractivity contribution < 1.29 is 9.32 Å². The molecule has 1 fully saturated rings. The average Bonchev–Trinajstić information content (AvgIpc) is 3.03. The second-order valence-electron chi connectivity index (χ2n) is 8.00. The van der Waals surface area contributed by atoms with Crippen LogP contribution in [0.2, 0.25) is 0 Å². The summed E-state index contributed by atoms with van der Waals surface area (Å²) in [7, 11) is 0. The molecule has 146 valence electrons. The first kappa shape index (κ1) is 19.6. The molecule has 1 N–H and O–H groups in total. The van der Waals surface area contributed by atoms with Gasteiger partial charge < -0.3 is 14.7 Å². The van der Waals surface area contributed by atoms with Crippen LogP contribution in [0.25, 0.3) is 11.3 Å². The number of nitrogens with zero attached hydrogens (tertiary/aromatic N) is 2. The molecule has 5 heteroatoms. The van der Waals surface area contributed by atoms with Crippen molar-refractivity contribution >= 4 is 5.91 Å². The average molecular weight is 370 g/mol. The molecule has 1 aliphatic rings. The summed E-state index contributed by atoms with van der Waals surface area (Å²) in [5.41, 5.74) is 2.05. The van der Waals surface area contributed by atoms with E-state index in [2.05, 4.69) is 29.2 Å². The van der Waals surface area contributed by atoms with E-state index in [-0.39, 0.29) is 5.91 Å². The van der Waals surface area contributed by atoms with Crippen LogP contribution in [0.3, 0.4) is 0 Å². The van der Waals surface area contributed by atoms with Gasteiger partial charge in [0.05, 0.1) is 0 Å². The number of carbonyl (C=O) groups excluding carboxylic acids is 1. The van der Waals surface area contributed by atoms with Crippen LogP contribution in [0.15, 0.2) is 34.9 Å². The Kier molecular flexibility index (Phi) is 6.67. The number of rotatable bonds is 7. The molecule has 0 spiro atoms. The predicted octanol–water partition coefficient (Wildman–Crippen LogP) is 4.14. The highest BCUT2D eigenvalue weighted by Crippen LogP contribution is 2.25. The standard InChI is InChI=1S/C22H31N3O2/c1-16-13-17(2)15-25(14-16)12-8-7-11-23-22(26)20-18(3)27-24-21(20)19-9-5-4-6-10-19/h4-6,9-10,16-17H,7-8,11-15H2,1-3H3,(H,23,26)/t16-,17+. The highest BCUT2D eigenvalue weighted by atomic mass is 16.5. The predicted molar refractivity (Wildman–Crippen MR) is 108 cm³/mol. The lowest BCUT2D eigenvalue weighted by atomic mass is 9.92. The number of aromatic nitrogens is 1. The first-order chi connectivity index (χ1) is 13.0. The van der Waals surface area contributed by atoms with Crippen LogP contribution in [0.4, 0.5) is 0 Å². The van der Waals surface area contributed by atoms with Gasteiger partial charge in [0.2, 0.25) is 0 Å². The molecule has 3 rings (SSSR count). The zero-order valence-electron chi connectivity index (χ0n) is 16.7. The number of likely N-dealkylation sites (tertiary alicyclic amines) is 1. The van der Waals surface area contributed by atoms with E-state index >= 15 is 0 Å². The molecule has 2 atom stereocenters. The van der Waals surface area contributed by atoms with Gasteiger partial charge in [0, 0.05) is 25.2 Å². The minimum Gasteiger partial charge on any atom is -0.360 e. The van der Waals surface area contributed by atoms with Gasteiger partial charge in [-0.1, -0.05) is 49.3 Å². The van der Waals surface area contributed by atoms with Crippen LogP contribution in [0.5, 0.6) is 0 Å². The van der Waals surface area contributed by atoms with Crippen LogP contribution in [0.1, 0.15) is 49.2 Å². The Labute approximate surface area is 162 Å². The summed E-state index contributed by atoms with van der Waals surface area (Å²) in [6.45, 7) is 10.7. The maximum absolute atomic E-state index is 12.7. The maximum Gasteiger partial charge on any atom is 0.257 e. The van der Waals surface area contributed by atoms with E-state index in [0.717, 1.165) is 36.8 Å². The molecule has 0 bridgehead atoms. The van der Waals surface area contributed by atoms with Gasteiger partial charge in [0.15, 0.2) is 0 Å². The third-order valence-electron chi connectivity index (χ3n) is 5.27. The zero-order valence-corrected chi connectivity index (χ0v) is 16.7. The monoisotopic (exact) mass is 369 g/mol. The normalized spacial score (nSPS) is 20.6. The topological polar surface area (TPSA) is 58.4 Å². The van der Waals surface area contributed by atoms with Gasteiger partial charge in [-0.15, -0.1) is 0 Å². The lowest BCUT2D eigenvalue weighted by molar-refractivity contribution is 0.0950. The molecule has 0 saturated carbocycles. The first-order valence-corrected chi connectivity index (χ1v) is 10.1. The molecule has 1 aromatic heterocycles. The summed E-state index contributed by atoms with van der Waals surface area (Å²) in [4.78, 5) is 15.2. The van der Waals surface area contributed by atoms with Crippen LogP contribution >= 0.6 is 0 Å². The van der Waals surface area contributed by atoms with Crippen LogP contribution in [0, 0.1) is 18.8 Å². The van der Waals surface area contributed by atoms with Crippen molar-refractivity contribution in [1.82, 2.24) is 15.4 Å². The molecule has 1 amide bonds. The van der Waals surface area contributed by atoms with Gasteiger partial charge in [0.1, 0.15) is 17.0 Å². The van der Waals surface area contributed by atoms with Gasteiger partial charge in [-0.05, 0) is 44.6 Å². The van der Waals surface area contributed by atoms with Crippen molar-refractivity contribution in [1.29, 1.82) is 0 Å². The van der Waals surface area contributed by atoms with Crippen LogP contribution < -0.4 is 5.32 Å². The summed E-state index contributed by atoms with van der Waals surface area (Å²) in [6, 6.07) is 9.69. The van der Waals surface area contributed by atoms with Gasteiger partial charge in [-0.25, -0.2) is 0 Å². The number of aryl methyl sites for hydroxylation is 1. The van der Waals surface area contributed by atoms with Crippen LogP contribution in [-0.4, -0.2) is 42.1 Å². The molecule has 2 aromatic rings. The van der Waals surface area contributed by atoms with E-state index < -0.39 is 0 Å². The minimum atomic E-state index is -0.104. The van der Waals surface area contributed by atoms with E-state index in [9.17, 15) is 4.79 Å². The summed E-state index contributed by atoms with van der Waals surface area (Å²) in [6.07, 6.45) is 3.43. The van der Waals surface area contributed by atoms with E-state index in [4.69, 9.17) is 4.52 Å². The van der Waals surface area contributed by atoms with Crippen molar-refractivity contribution in [3.8, 4) is 11.3 Å². The van der Waals surface area contributed by atoms with Gasteiger partial charge in [-0.2, -0.15) is 0 Å². The van der Waals surface area contributed by atoms with Crippen molar-refractivity contribution in [2.75, 3.05) is 26.2 Å². The number of benzene rings is 1. The first-order valence-electron chi connectivity index (χ1n) is 10.1. The molecule has 0 aliphatic carbocycles. The lowest BCUT2D eigenvalue weighted by Crippen LogP contribution is -2.39. The molecule has 2 heterocycles. The fourth-order valence-corrected chi connectivity index (χ4v) is 4.16. The summed E-state index contributed by atoms with van der Waals surface area (Å²) in [5, 5.41) is 7.12. The molecule has 27 heavy (non-hydrogen) atoms. The molecule has 1 aromatic carbocycles.